The van der Waals surface area contributed by atoms with Crippen LogP contribution in [0.5, 0.6) is 0 Å². The molecule has 8 nitrogen and oxygen atoms in total. The van der Waals surface area contributed by atoms with Gasteiger partial charge in [-0.1, -0.05) is 36.4 Å². The number of nitriles is 1. The van der Waals surface area contributed by atoms with Crippen molar-refractivity contribution >= 4 is 23.3 Å². The summed E-state index contributed by atoms with van der Waals surface area (Å²) in [6.07, 6.45) is 2.90. The first-order chi connectivity index (χ1) is 18.8. The van der Waals surface area contributed by atoms with Crippen molar-refractivity contribution in [1.29, 1.82) is 5.26 Å². The van der Waals surface area contributed by atoms with Crippen LogP contribution in [0.3, 0.4) is 0 Å². The Labute approximate surface area is 225 Å². The third-order valence-corrected chi connectivity index (χ3v) is 7.06. The number of pyridine rings is 1. The second kappa shape index (κ2) is 10.5. The first kappa shape index (κ1) is 25.8. The third kappa shape index (κ3) is 5.01. The van der Waals surface area contributed by atoms with Gasteiger partial charge in [0.2, 0.25) is 5.91 Å². The van der Waals surface area contributed by atoms with Gasteiger partial charge in [-0.05, 0) is 49.1 Å². The Morgan fingerprint density at radius 1 is 1.08 bits per heavy atom. The number of piperidine rings is 1. The number of carbonyl (C=O) groups excluding carboxylic acids is 2. The molecule has 196 valence electrons. The molecule has 0 unspecified atom stereocenters. The van der Waals surface area contributed by atoms with Crippen LogP contribution in [0, 0.1) is 30.0 Å². The molecule has 2 amide bonds. The van der Waals surface area contributed by atoms with Crippen LogP contribution in [-0.2, 0) is 4.79 Å². The van der Waals surface area contributed by atoms with Gasteiger partial charge >= 0.3 is 0 Å². The summed E-state index contributed by atoms with van der Waals surface area (Å²) < 4.78 is 16.5. The predicted octanol–water partition coefficient (Wildman–Crippen LogP) is 4.74. The van der Waals surface area contributed by atoms with E-state index in [0.29, 0.717) is 71.1 Å². The van der Waals surface area contributed by atoms with Gasteiger partial charge in [0, 0.05) is 48.8 Å². The lowest BCUT2D eigenvalue weighted by atomic mass is 9.95. The number of hydrogen-bond donors (Lipinski definition) is 1. The zero-order valence-electron chi connectivity index (χ0n) is 21.7. The molecule has 2 aromatic carbocycles. The summed E-state index contributed by atoms with van der Waals surface area (Å²) in [6.45, 7) is 4.16. The normalized spacial score (nSPS) is 14.4. The lowest BCUT2D eigenvalue weighted by Crippen LogP contribution is -2.42. The second-order valence-corrected chi connectivity index (χ2v) is 9.72. The van der Waals surface area contributed by atoms with E-state index in [0.717, 1.165) is 5.56 Å². The number of carbonyl (C=O) groups is 2. The Morgan fingerprint density at radius 3 is 2.46 bits per heavy atom. The molecule has 0 atom stereocenters. The number of likely N-dealkylation sites (tertiary alicyclic amines) is 1. The maximum atomic E-state index is 14.9. The fraction of sp³-hybridized carbons (Fsp3) is 0.233. The van der Waals surface area contributed by atoms with E-state index in [4.69, 9.17) is 10.7 Å². The number of amides is 2. The number of hydrogen-bond acceptors (Lipinski definition) is 4. The number of nitrogens with two attached hydrogens (primary N) is 1. The Balaban J connectivity index is 1.47. The standard InChI is InChI=1S/C30H27FN6O2/c1-18-7-8-23(25(31)15-18)22-5-3-4-6-24(22)28-26(17-32)37-14-11-21(16-27(37)35-28)30(39)36-12-9-20(10-13-36)29(33)34-19(2)38/h3-8,11,14-16,20H,9-10,12-13H2,1-2H3,(H2,33,34,38). The van der Waals surface area contributed by atoms with Crippen molar-refractivity contribution in [1.82, 2.24) is 14.3 Å². The van der Waals surface area contributed by atoms with E-state index in [1.807, 2.05) is 31.2 Å². The molecule has 0 saturated carbocycles. The van der Waals surface area contributed by atoms with Crippen LogP contribution in [0.4, 0.5) is 4.39 Å². The van der Waals surface area contributed by atoms with E-state index < -0.39 is 0 Å². The lowest BCUT2D eigenvalue weighted by Gasteiger charge is -2.31. The predicted molar refractivity (Wildman–Crippen MR) is 146 cm³/mol. The fourth-order valence-electron chi connectivity index (χ4n) is 5.07. The highest BCUT2D eigenvalue weighted by molar-refractivity contribution is 5.96. The minimum Gasteiger partial charge on any atom is -0.387 e. The molecule has 39 heavy (non-hydrogen) atoms. The number of amidine groups is 1. The molecule has 2 N–H and O–H groups in total. The number of aromatic nitrogens is 2. The van der Waals surface area contributed by atoms with E-state index in [1.54, 1.807) is 39.8 Å². The lowest BCUT2D eigenvalue weighted by molar-refractivity contribution is -0.115. The van der Waals surface area contributed by atoms with Crippen molar-refractivity contribution in [2.24, 2.45) is 16.6 Å². The molecular formula is C30H27FN6O2. The van der Waals surface area contributed by atoms with Crippen LogP contribution in [0.2, 0.25) is 0 Å². The Kier molecular flexibility index (Phi) is 6.94. The van der Waals surface area contributed by atoms with Crippen molar-refractivity contribution in [3.8, 4) is 28.5 Å². The molecule has 0 spiro atoms. The highest BCUT2D eigenvalue weighted by Crippen LogP contribution is 2.35. The fourth-order valence-corrected chi connectivity index (χ4v) is 5.07. The first-order valence-corrected chi connectivity index (χ1v) is 12.7. The smallest absolute Gasteiger partial charge is 0.254 e. The van der Waals surface area contributed by atoms with Crippen LogP contribution in [0.25, 0.3) is 28.0 Å². The zero-order valence-corrected chi connectivity index (χ0v) is 21.7. The molecule has 1 aliphatic rings. The van der Waals surface area contributed by atoms with Crippen molar-refractivity contribution < 1.29 is 14.0 Å². The maximum absolute atomic E-state index is 14.9. The molecule has 4 aromatic rings. The number of benzene rings is 2. The summed E-state index contributed by atoms with van der Waals surface area (Å²) in [5.41, 5.74) is 10.0. The average molecular weight is 523 g/mol. The molecule has 1 aliphatic heterocycles. The molecule has 1 saturated heterocycles. The minimum absolute atomic E-state index is 0.0353. The molecule has 0 bridgehead atoms. The highest BCUT2D eigenvalue weighted by Gasteiger charge is 2.27. The van der Waals surface area contributed by atoms with Gasteiger partial charge in [-0.25, -0.2) is 14.4 Å². The van der Waals surface area contributed by atoms with Crippen LogP contribution in [0.15, 0.2) is 65.8 Å². The average Bonchev–Trinajstić information content (AvgIpc) is 3.30. The van der Waals surface area contributed by atoms with Gasteiger partial charge in [-0.3, -0.25) is 14.0 Å². The van der Waals surface area contributed by atoms with Crippen LogP contribution < -0.4 is 5.73 Å². The number of nitrogens with zero attached hydrogens (tertiary/aromatic N) is 5. The van der Waals surface area contributed by atoms with Crippen molar-refractivity contribution in [3.63, 3.8) is 0 Å². The molecule has 2 aromatic heterocycles. The number of fused-ring (bicyclic) bond motifs is 1. The molecule has 0 radical (unpaired) electrons. The monoisotopic (exact) mass is 522 g/mol. The molecular weight excluding hydrogens is 495 g/mol. The quantitative estimate of drug-likeness (QED) is 0.307. The van der Waals surface area contributed by atoms with Gasteiger partial charge in [0.25, 0.3) is 5.91 Å². The summed E-state index contributed by atoms with van der Waals surface area (Å²) in [4.78, 5) is 34.8. The zero-order chi connectivity index (χ0) is 27.7. The van der Waals surface area contributed by atoms with Crippen LogP contribution in [-0.4, -0.2) is 45.0 Å². The number of aryl methyl sites for hydroxylation is 1. The largest absolute Gasteiger partial charge is 0.387 e. The van der Waals surface area contributed by atoms with Crippen LogP contribution >= 0.6 is 0 Å². The molecule has 0 aliphatic carbocycles. The van der Waals surface area contributed by atoms with E-state index in [-0.39, 0.29) is 23.5 Å². The van der Waals surface area contributed by atoms with Crippen molar-refractivity contribution in [3.05, 3.63) is 83.4 Å². The highest BCUT2D eigenvalue weighted by atomic mass is 19.1. The summed E-state index contributed by atoms with van der Waals surface area (Å²) in [5, 5.41) is 10.0. The second-order valence-electron chi connectivity index (χ2n) is 9.72. The number of imidazole rings is 1. The number of rotatable bonds is 4. The SMILES string of the molecule is CC(=O)N=C(N)C1CCN(C(=O)c2ccn3c(C#N)c(-c4ccccc4-c4ccc(C)cc4F)nc3c2)CC1. The van der Waals surface area contributed by atoms with E-state index in [9.17, 15) is 19.2 Å². The van der Waals surface area contributed by atoms with E-state index in [1.165, 1.54) is 13.0 Å². The van der Waals surface area contributed by atoms with Gasteiger partial charge in [-0.2, -0.15) is 5.26 Å². The Hall–Kier alpha value is -4.84. The molecule has 5 rings (SSSR count). The molecule has 9 heteroatoms. The summed E-state index contributed by atoms with van der Waals surface area (Å²) in [5.74, 6) is -0.552. The van der Waals surface area contributed by atoms with Gasteiger partial charge in [0.05, 0.1) is 0 Å². The maximum Gasteiger partial charge on any atom is 0.254 e. The number of aliphatic imine (C=N–C) groups is 1. The van der Waals surface area contributed by atoms with Crippen molar-refractivity contribution in [2.45, 2.75) is 26.7 Å². The minimum atomic E-state index is -0.351. The number of halogens is 1. The topological polar surface area (TPSA) is 117 Å². The van der Waals surface area contributed by atoms with E-state index >= 15 is 0 Å². The first-order valence-electron chi connectivity index (χ1n) is 12.7. The molecule has 1 fully saturated rings. The molecule has 3 heterocycles. The van der Waals surface area contributed by atoms with Crippen molar-refractivity contribution in [2.75, 3.05) is 13.1 Å². The summed E-state index contributed by atoms with van der Waals surface area (Å²) in [7, 11) is 0. The van der Waals surface area contributed by atoms with Crippen LogP contribution in [0.1, 0.15) is 41.4 Å². The van der Waals surface area contributed by atoms with Gasteiger partial charge in [0.15, 0.2) is 5.69 Å². The van der Waals surface area contributed by atoms with Gasteiger partial charge in [-0.15, -0.1) is 0 Å². The third-order valence-electron chi connectivity index (χ3n) is 7.06. The van der Waals surface area contributed by atoms with E-state index in [2.05, 4.69) is 11.1 Å². The van der Waals surface area contributed by atoms with Gasteiger partial charge < -0.3 is 10.6 Å². The summed E-state index contributed by atoms with van der Waals surface area (Å²) in [6, 6.07) is 17.9. The summed E-state index contributed by atoms with van der Waals surface area (Å²) >= 11 is 0. The Morgan fingerprint density at radius 2 is 1.79 bits per heavy atom. The van der Waals surface area contributed by atoms with Gasteiger partial charge in [0.1, 0.15) is 29.1 Å². The Bertz CT molecular complexity index is 1670.